The van der Waals surface area contributed by atoms with Gasteiger partial charge in [-0.25, -0.2) is 0 Å². The number of esters is 1. The van der Waals surface area contributed by atoms with Crippen LogP contribution >= 0.6 is 0 Å². The van der Waals surface area contributed by atoms with Gasteiger partial charge in [0.1, 0.15) is 5.60 Å². The zero-order valence-corrected chi connectivity index (χ0v) is 10.0. The summed E-state index contributed by atoms with van der Waals surface area (Å²) in [6.07, 6.45) is 4.46. The van der Waals surface area contributed by atoms with E-state index in [1.165, 1.54) is 12.5 Å². The van der Waals surface area contributed by atoms with Crippen LogP contribution in [0, 0.1) is 17.8 Å². The molecule has 2 aliphatic carbocycles. The Bertz CT molecular complexity index is 308. The molecule has 2 rings (SSSR count). The highest BCUT2D eigenvalue weighted by Crippen LogP contribution is 2.63. The maximum absolute atomic E-state index is 11.0. The van der Waals surface area contributed by atoms with Gasteiger partial charge in [-0.15, -0.1) is 0 Å². The molecule has 0 spiro atoms. The number of hydrogen-bond acceptors (Lipinski definition) is 2. The number of hydrogen-bond donors (Lipinski definition) is 0. The summed E-state index contributed by atoms with van der Waals surface area (Å²) in [6, 6.07) is 0. The molecule has 2 heteroatoms. The maximum atomic E-state index is 11.0. The Morgan fingerprint density at radius 2 is 1.93 bits per heavy atom. The molecule has 3 atom stereocenters. The smallest absolute Gasteiger partial charge is 0.303 e. The van der Waals surface area contributed by atoms with Crippen LogP contribution in [0.4, 0.5) is 0 Å². The monoisotopic (exact) mass is 208 g/mol. The summed E-state index contributed by atoms with van der Waals surface area (Å²) in [5.41, 5.74) is 1.29. The summed E-state index contributed by atoms with van der Waals surface area (Å²) in [5, 5.41) is 0. The van der Waals surface area contributed by atoms with Crippen LogP contribution in [0.25, 0.3) is 0 Å². The van der Waals surface area contributed by atoms with Gasteiger partial charge in [-0.3, -0.25) is 4.79 Å². The molecule has 0 amide bonds. The molecule has 0 heterocycles. The zero-order valence-electron chi connectivity index (χ0n) is 10.0. The second kappa shape index (κ2) is 3.36. The van der Waals surface area contributed by atoms with Crippen molar-refractivity contribution in [2.45, 2.75) is 46.1 Å². The van der Waals surface area contributed by atoms with Crippen LogP contribution in [0.2, 0.25) is 0 Å². The Kier molecular flexibility index (Phi) is 2.40. The van der Waals surface area contributed by atoms with E-state index in [1.54, 1.807) is 0 Å². The molecule has 0 N–H and O–H groups in total. The van der Waals surface area contributed by atoms with E-state index in [-0.39, 0.29) is 11.6 Å². The Morgan fingerprint density at radius 1 is 1.33 bits per heavy atom. The van der Waals surface area contributed by atoms with Crippen molar-refractivity contribution >= 4 is 5.97 Å². The van der Waals surface area contributed by atoms with E-state index in [1.807, 2.05) is 0 Å². The van der Waals surface area contributed by atoms with Crippen LogP contribution in [0.15, 0.2) is 11.6 Å². The molecule has 2 saturated carbocycles. The summed E-state index contributed by atoms with van der Waals surface area (Å²) < 4.78 is 5.49. The number of rotatable bonds is 3. The highest BCUT2D eigenvalue weighted by atomic mass is 16.6. The summed E-state index contributed by atoms with van der Waals surface area (Å²) >= 11 is 0. The first-order valence-corrected chi connectivity index (χ1v) is 5.81. The van der Waals surface area contributed by atoms with Crippen molar-refractivity contribution in [2.75, 3.05) is 0 Å². The molecule has 2 aliphatic rings. The molecular weight excluding hydrogens is 188 g/mol. The normalized spacial score (nSPS) is 35.6. The van der Waals surface area contributed by atoms with Crippen LogP contribution in [-0.2, 0) is 9.53 Å². The third kappa shape index (κ3) is 1.95. The molecule has 84 valence electrons. The minimum atomic E-state index is -0.123. The molecule has 15 heavy (non-hydrogen) atoms. The molecule has 0 radical (unpaired) electrons. The van der Waals surface area contributed by atoms with Crippen LogP contribution in [0.5, 0.6) is 0 Å². The van der Waals surface area contributed by atoms with Crippen molar-refractivity contribution in [1.82, 2.24) is 0 Å². The van der Waals surface area contributed by atoms with E-state index in [0.717, 1.165) is 12.8 Å². The average Bonchev–Trinajstić information content (AvgIpc) is 2.92. The van der Waals surface area contributed by atoms with E-state index in [4.69, 9.17) is 4.74 Å². The fraction of sp³-hybridized carbons (Fsp3) is 0.769. The van der Waals surface area contributed by atoms with Crippen LogP contribution in [0.3, 0.4) is 0 Å². The molecule has 2 fully saturated rings. The lowest BCUT2D eigenvalue weighted by Gasteiger charge is -2.15. The quantitative estimate of drug-likeness (QED) is 0.526. The third-order valence-electron chi connectivity index (χ3n) is 3.67. The SMILES string of the molecule is CC(=O)OC1(C2C(C)C2C=C(C)C)CC1. The second-order valence-electron chi connectivity index (χ2n) is 5.36. The fourth-order valence-electron chi connectivity index (χ4n) is 2.88. The summed E-state index contributed by atoms with van der Waals surface area (Å²) in [6.45, 7) is 8.04. The first-order chi connectivity index (χ1) is 6.96. The predicted octanol–water partition coefficient (Wildman–Crippen LogP) is 2.93. The van der Waals surface area contributed by atoms with Crippen molar-refractivity contribution in [3.63, 3.8) is 0 Å². The standard InChI is InChI=1S/C13H20O2/c1-8(2)7-11-9(3)12(11)13(5-6-13)15-10(4)14/h7,9,11-12H,5-6H2,1-4H3. The van der Waals surface area contributed by atoms with Gasteiger partial charge < -0.3 is 4.74 Å². The van der Waals surface area contributed by atoms with Gasteiger partial charge in [-0.2, -0.15) is 0 Å². The van der Waals surface area contributed by atoms with Gasteiger partial charge in [0.25, 0.3) is 0 Å². The van der Waals surface area contributed by atoms with Crippen molar-refractivity contribution in [3.05, 3.63) is 11.6 Å². The Balaban J connectivity index is 2.02. The average molecular weight is 208 g/mol. The van der Waals surface area contributed by atoms with Gasteiger partial charge >= 0.3 is 5.97 Å². The lowest BCUT2D eigenvalue weighted by atomic mass is 10.1. The topological polar surface area (TPSA) is 26.3 Å². The van der Waals surface area contributed by atoms with Crippen molar-refractivity contribution in [3.8, 4) is 0 Å². The number of ether oxygens (including phenoxy) is 1. The Morgan fingerprint density at radius 3 is 2.33 bits per heavy atom. The molecular formula is C13H20O2. The first kappa shape index (κ1) is 10.7. The first-order valence-electron chi connectivity index (χ1n) is 5.81. The van der Waals surface area contributed by atoms with Crippen molar-refractivity contribution < 1.29 is 9.53 Å². The number of allylic oxidation sites excluding steroid dienone is 2. The van der Waals surface area contributed by atoms with E-state index >= 15 is 0 Å². The summed E-state index contributed by atoms with van der Waals surface area (Å²) in [4.78, 5) is 11.0. The van der Waals surface area contributed by atoms with Gasteiger partial charge in [0.05, 0.1) is 0 Å². The minimum absolute atomic E-state index is 0.0815. The number of carbonyl (C=O) groups excluding carboxylic acids is 1. The minimum Gasteiger partial charge on any atom is -0.459 e. The van der Waals surface area contributed by atoms with E-state index in [0.29, 0.717) is 17.8 Å². The van der Waals surface area contributed by atoms with Gasteiger partial charge in [0.15, 0.2) is 0 Å². The van der Waals surface area contributed by atoms with E-state index in [2.05, 4.69) is 26.8 Å². The van der Waals surface area contributed by atoms with E-state index < -0.39 is 0 Å². The second-order valence-corrected chi connectivity index (χ2v) is 5.36. The van der Waals surface area contributed by atoms with Gasteiger partial charge in [-0.05, 0) is 38.5 Å². The van der Waals surface area contributed by atoms with Gasteiger partial charge in [-0.1, -0.05) is 18.6 Å². The lowest BCUT2D eigenvalue weighted by molar-refractivity contribution is -0.150. The molecule has 0 aromatic heterocycles. The Hall–Kier alpha value is -0.790. The molecule has 2 nitrogen and oxygen atoms in total. The zero-order chi connectivity index (χ0) is 11.2. The predicted molar refractivity (Wildman–Crippen MR) is 59.3 cm³/mol. The number of carbonyl (C=O) groups is 1. The van der Waals surface area contributed by atoms with Crippen molar-refractivity contribution in [2.24, 2.45) is 17.8 Å². The van der Waals surface area contributed by atoms with Crippen molar-refractivity contribution in [1.29, 1.82) is 0 Å². The third-order valence-corrected chi connectivity index (χ3v) is 3.67. The lowest BCUT2D eigenvalue weighted by Crippen LogP contribution is -2.21. The molecule has 0 saturated heterocycles. The summed E-state index contributed by atoms with van der Waals surface area (Å²) in [7, 11) is 0. The highest BCUT2D eigenvalue weighted by molar-refractivity contribution is 5.67. The molecule has 0 aromatic rings. The largest absolute Gasteiger partial charge is 0.459 e. The molecule has 0 aliphatic heterocycles. The van der Waals surface area contributed by atoms with E-state index in [9.17, 15) is 4.79 Å². The molecule has 3 unspecified atom stereocenters. The Labute approximate surface area is 91.7 Å². The van der Waals surface area contributed by atoms with Gasteiger partial charge in [0, 0.05) is 12.8 Å². The van der Waals surface area contributed by atoms with Crippen LogP contribution in [-0.4, -0.2) is 11.6 Å². The van der Waals surface area contributed by atoms with Crippen LogP contribution < -0.4 is 0 Å². The molecule has 0 bridgehead atoms. The van der Waals surface area contributed by atoms with Gasteiger partial charge in [0.2, 0.25) is 0 Å². The molecule has 0 aromatic carbocycles. The highest BCUT2D eigenvalue weighted by Gasteiger charge is 2.65. The van der Waals surface area contributed by atoms with Crippen LogP contribution in [0.1, 0.15) is 40.5 Å². The summed E-state index contributed by atoms with van der Waals surface area (Å²) in [5.74, 6) is 1.78. The maximum Gasteiger partial charge on any atom is 0.303 e. The fourth-order valence-corrected chi connectivity index (χ4v) is 2.88.